The predicted octanol–water partition coefficient (Wildman–Crippen LogP) is -0.728. The summed E-state index contributed by atoms with van der Waals surface area (Å²) >= 11 is 0. The van der Waals surface area contributed by atoms with E-state index in [-0.39, 0.29) is 22.8 Å². The summed E-state index contributed by atoms with van der Waals surface area (Å²) in [6, 6.07) is 2.66. The molecule has 0 saturated carbocycles. The quantitative estimate of drug-likeness (QED) is 0.419. The summed E-state index contributed by atoms with van der Waals surface area (Å²) < 4.78 is 35.9. The van der Waals surface area contributed by atoms with Crippen LogP contribution >= 0.6 is 0 Å². The molecule has 0 spiro atoms. The average molecular weight is 455 g/mol. The first-order valence-electron chi connectivity index (χ1n) is 9.28. The molecular formula is C19H22FN3O9. The van der Waals surface area contributed by atoms with Gasteiger partial charge in [-0.25, -0.2) is 9.18 Å². The van der Waals surface area contributed by atoms with Crippen LogP contribution in [0, 0.1) is 5.82 Å². The van der Waals surface area contributed by atoms with Gasteiger partial charge in [0.25, 0.3) is 5.91 Å². The van der Waals surface area contributed by atoms with E-state index in [0.717, 1.165) is 0 Å². The van der Waals surface area contributed by atoms with Gasteiger partial charge in [0.1, 0.15) is 18.3 Å². The number of benzene rings is 1. The third-order valence-corrected chi connectivity index (χ3v) is 4.86. The molecule has 3 rings (SSSR count). The van der Waals surface area contributed by atoms with E-state index in [9.17, 15) is 24.2 Å². The topological polar surface area (TPSA) is 162 Å². The molecule has 12 nitrogen and oxygen atoms in total. The van der Waals surface area contributed by atoms with Gasteiger partial charge < -0.3 is 39.6 Å². The summed E-state index contributed by atoms with van der Waals surface area (Å²) in [4.78, 5) is 28.5. The van der Waals surface area contributed by atoms with Crippen molar-refractivity contribution in [1.82, 2.24) is 9.55 Å². The number of carbonyl (C=O) groups excluding carboxylic acids is 1. The summed E-state index contributed by atoms with van der Waals surface area (Å²) in [7, 11) is 4.11. The zero-order chi connectivity index (χ0) is 23.6. The molecule has 2 aromatic rings. The maximum absolute atomic E-state index is 14.6. The second-order valence-electron chi connectivity index (χ2n) is 6.72. The SMILES string of the molecule is COc1cc(C(=O)Nc2nc(=O)n([C@@H]3O[C@H](CO)C(O)C3O)cc2F)cc(OC)c1OC. The van der Waals surface area contributed by atoms with Crippen LogP contribution < -0.4 is 25.2 Å². The molecule has 4 atom stereocenters. The lowest BCUT2D eigenvalue weighted by molar-refractivity contribution is -0.0553. The first-order chi connectivity index (χ1) is 15.2. The number of aliphatic hydroxyl groups excluding tert-OH is 3. The molecule has 2 heterocycles. The molecule has 1 amide bonds. The summed E-state index contributed by atoms with van der Waals surface area (Å²) in [5.74, 6) is -1.98. The Labute approximate surface area is 180 Å². The van der Waals surface area contributed by atoms with Crippen molar-refractivity contribution in [2.24, 2.45) is 0 Å². The molecule has 1 aromatic carbocycles. The van der Waals surface area contributed by atoms with Gasteiger partial charge in [-0.15, -0.1) is 0 Å². The Hall–Kier alpha value is -3.26. The van der Waals surface area contributed by atoms with Gasteiger partial charge in [0, 0.05) is 5.56 Å². The van der Waals surface area contributed by atoms with Crippen LogP contribution in [-0.4, -0.2) is 77.0 Å². The average Bonchev–Trinajstić information content (AvgIpc) is 3.08. The molecule has 1 aliphatic heterocycles. The lowest BCUT2D eigenvalue weighted by Gasteiger charge is -2.18. The van der Waals surface area contributed by atoms with Gasteiger partial charge in [-0.2, -0.15) is 4.98 Å². The number of amides is 1. The maximum atomic E-state index is 14.6. The van der Waals surface area contributed by atoms with Crippen LogP contribution in [0.1, 0.15) is 16.6 Å². The molecule has 32 heavy (non-hydrogen) atoms. The van der Waals surface area contributed by atoms with Crippen molar-refractivity contribution < 1.29 is 43.5 Å². The van der Waals surface area contributed by atoms with Gasteiger partial charge in [-0.3, -0.25) is 9.36 Å². The fraction of sp³-hybridized carbons (Fsp3) is 0.421. The van der Waals surface area contributed by atoms with Gasteiger partial charge in [0.05, 0.1) is 34.1 Å². The Morgan fingerprint density at radius 3 is 2.31 bits per heavy atom. The van der Waals surface area contributed by atoms with Gasteiger partial charge in [0.2, 0.25) is 5.75 Å². The molecule has 1 aromatic heterocycles. The molecule has 174 valence electrons. The Kier molecular flexibility index (Phi) is 6.93. The van der Waals surface area contributed by atoms with Crippen molar-refractivity contribution in [2.45, 2.75) is 24.5 Å². The van der Waals surface area contributed by atoms with Crippen LogP contribution in [0.25, 0.3) is 0 Å². The van der Waals surface area contributed by atoms with E-state index in [1.165, 1.54) is 33.5 Å². The van der Waals surface area contributed by atoms with Crippen LogP contribution in [-0.2, 0) is 4.74 Å². The Morgan fingerprint density at radius 1 is 1.19 bits per heavy atom. The summed E-state index contributed by atoms with van der Waals surface area (Å²) in [5, 5.41) is 31.2. The fourth-order valence-electron chi connectivity index (χ4n) is 3.22. The molecule has 13 heteroatoms. The number of hydrogen-bond acceptors (Lipinski definition) is 10. The first-order valence-corrected chi connectivity index (χ1v) is 9.28. The number of nitrogens with zero attached hydrogens (tertiary/aromatic N) is 2. The zero-order valence-corrected chi connectivity index (χ0v) is 17.3. The second-order valence-corrected chi connectivity index (χ2v) is 6.72. The van der Waals surface area contributed by atoms with Crippen molar-refractivity contribution >= 4 is 11.7 Å². The standard InChI is InChI=1S/C19H22FN3O9/c1-29-10-4-8(5-11(30-2)15(10)31-3)17(27)21-16-9(20)6-23(19(28)22-16)18-14(26)13(25)12(7-24)32-18/h4-6,12-14,18,24-26H,7H2,1-3H3,(H,21,22,27,28)/t12-,13?,14?,18-/m1/s1. The molecule has 0 bridgehead atoms. The van der Waals surface area contributed by atoms with Crippen LogP contribution in [0.2, 0.25) is 0 Å². The molecule has 4 N–H and O–H groups in total. The second kappa shape index (κ2) is 9.48. The van der Waals surface area contributed by atoms with Gasteiger partial charge in [-0.05, 0) is 12.1 Å². The summed E-state index contributed by atoms with van der Waals surface area (Å²) in [6.45, 7) is -0.623. The monoisotopic (exact) mass is 455 g/mol. The third-order valence-electron chi connectivity index (χ3n) is 4.86. The third kappa shape index (κ3) is 4.23. The number of aliphatic hydroxyl groups is 3. The number of aromatic nitrogens is 2. The number of carbonyl (C=O) groups is 1. The normalized spacial score (nSPS) is 22.5. The van der Waals surface area contributed by atoms with E-state index < -0.39 is 54.4 Å². The summed E-state index contributed by atoms with van der Waals surface area (Å²) in [6.07, 6.45) is -5.06. The summed E-state index contributed by atoms with van der Waals surface area (Å²) in [5.41, 5.74) is -1.06. The number of hydrogen-bond donors (Lipinski definition) is 4. The lowest BCUT2D eigenvalue weighted by Crippen LogP contribution is -2.36. The smallest absolute Gasteiger partial charge is 0.351 e. The predicted molar refractivity (Wildman–Crippen MR) is 106 cm³/mol. The number of anilines is 1. The molecule has 1 fully saturated rings. The molecule has 1 saturated heterocycles. The van der Waals surface area contributed by atoms with Crippen molar-refractivity contribution in [2.75, 3.05) is 33.3 Å². The molecule has 2 unspecified atom stereocenters. The minimum atomic E-state index is -1.61. The van der Waals surface area contributed by atoms with E-state index in [1.54, 1.807) is 0 Å². The number of nitrogens with one attached hydrogen (secondary N) is 1. The van der Waals surface area contributed by atoms with Crippen molar-refractivity contribution in [3.63, 3.8) is 0 Å². The number of rotatable bonds is 7. The van der Waals surface area contributed by atoms with Gasteiger partial charge in [-0.1, -0.05) is 0 Å². The van der Waals surface area contributed by atoms with Crippen LogP contribution in [0.3, 0.4) is 0 Å². The van der Waals surface area contributed by atoms with Crippen LogP contribution in [0.5, 0.6) is 17.2 Å². The highest BCUT2D eigenvalue weighted by Crippen LogP contribution is 2.38. The Morgan fingerprint density at radius 2 is 1.81 bits per heavy atom. The Balaban J connectivity index is 1.89. The largest absolute Gasteiger partial charge is 0.493 e. The van der Waals surface area contributed by atoms with Crippen LogP contribution in [0.15, 0.2) is 23.1 Å². The molecule has 1 aliphatic rings. The van der Waals surface area contributed by atoms with Crippen molar-refractivity contribution in [1.29, 1.82) is 0 Å². The Bertz CT molecular complexity index is 1040. The highest BCUT2D eigenvalue weighted by Gasteiger charge is 2.44. The van der Waals surface area contributed by atoms with E-state index in [2.05, 4.69) is 10.3 Å². The minimum Gasteiger partial charge on any atom is -0.493 e. The van der Waals surface area contributed by atoms with Crippen molar-refractivity contribution in [3.8, 4) is 17.2 Å². The van der Waals surface area contributed by atoms with E-state index in [0.29, 0.717) is 10.8 Å². The van der Waals surface area contributed by atoms with Gasteiger partial charge >= 0.3 is 5.69 Å². The van der Waals surface area contributed by atoms with E-state index in [4.69, 9.17) is 24.1 Å². The van der Waals surface area contributed by atoms with Crippen molar-refractivity contribution in [3.05, 3.63) is 40.2 Å². The molecular weight excluding hydrogens is 433 g/mol. The number of halogens is 1. The highest BCUT2D eigenvalue weighted by molar-refractivity contribution is 6.04. The number of methoxy groups -OCH3 is 3. The minimum absolute atomic E-state index is 0.00772. The van der Waals surface area contributed by atoms with Gasteiger partial charge in [0.15, 0.2) is 29.4 Å². The van der Waals surface area contributed by atoms with Crippen LogP contribution in [0.4, 0.5) is 10.2 Å². The zero-order valence-electron chi connectivity index (χ0n) is 17.3. The highest BCUT2D eigenvalue weighted by atomic mass is 19.1. The van der Waals surface area contributed by atoms with E-state index >= 15 is 0 Å². The van der Waals surface area contributed by atoms with E-state index in [1.807, 2.05) is 0 Å². The number of ether oxygens (including phenoxy) is 4. The molecule has 0 aliphatic carbocycles. The maximum Gasteiger partial charge on any atom is 0.351 e. The lowest BCUT2D eigenvalue weighted by atomic mass is 10.1. The molecule has 0 radical (unpaired) electrons. The first kappa shape index (κ1) is 23.4. The fourth-order valence-corrected chi connectivity index (χ4v) is 3.22.